The monoisotopic (exact) mass is 762 g/mol. The van der Waals surface area contributed by atoms with Crippen molar-refractivity contribution in [3.63, 3.8) is 0 Å². The van der Waals surface area contributed by atoms with E-state index >= 15 is 0 Å². The number of primary amides is 2. The minimum absolute atomic E-state index is 0.195. The Balaban J connectivity index is 1.26. The highest BCUT2D eigenvalue weighted by atomic mass is 16.5. The van der Waals surface area contributed by atoms with E-state index in [1.807, 2.05) is 39.8 Å². The Bertz CT molecular complexity index is 2530. The summed E-state index contributed by atoms with van der Waals surface area (Å²) < 4.78 is 18.7. The number of hydrogen-bond acceptors (Lipinski definition) is 10. The minimum atomic E-state index is -0.658. The molecule has 2 aromatic carbocycles. The van der Waals surface area contributed by atoms with Gasteiger partial charge in [0.1, 0.15) is 28.8 Å². The molecule has 18 nitrogen and oxygen atoms in total. The Kier molecular flexibility index (Phi) is 10.4. The summed E-state index contributed by atoms with van der Waals surface area (Å²) in [6.45, 7) is 9.73. The van der Waals surface area contributed by atoms with Gasteiger partial charge in [-0.05, 0) is 70.2 Å². The fraction of sp³-hybridized carbons (Fsp3) is 0.316. The number of carbonyl (C=O) groups excluding carboxylic acids is 4. The SMILES string of the molecule is CCn1nc(C)cc1C(=O)Nc1nc2cc(C(N)=O)ccc2n1C/C=C/Cn1c(NC(=O)c2cc(C)nn2CC)nc2cc(C(N)=O)cc(O[C@@H]3CCOC3)c21. The summed E-state index contributed by atoms with van der Waals surface area (Å²) >= 11 is 0. The first-order valence-corrected chi connectivity index (χ1v) is 18.2. The van der Waals surface area contributed by atoms with Crippen molar-refractivity contribution >= 4 is 57.6 Å². The number of carbonyl (C=O) groups is 4. The average molecular weight is 763 g/mol. The van der Waals surface area contributed by atoms with Crippen molar-refractivity contribution in [1.29, 1.82) is 0 Å². The van der Waals surface area contributed by atoms with E-state index in [0.29, 0.717) is 83.3 Å². The molecule has 1 atom stereocenters. The van der Waals surface area contributed by atoms with Crippen molar-refractivity contribution in [3.05, 3.63) is 88.5 Å². The van der Waals surface area contributed by atoms with E-state index in [2.05, 4.69) is 25.8 Å². The molecule has 0 spiro atoms. The van der Waals surface area contributed by atoms with Gasteiger partial charge in [0.05, 0.1) is 41.2 Å². The van der Waals surface area contributed by atoms with Gasteiger partial charge in [0, 0.05) is 43.7 Å². The predicted octanol–water partition coefficient (Wildman–Crippen LogP) is 3.56. The highest BCUT2D eigenvalue weighted by molar-refractivity contribution is 6.05. The van der Waals surface area contributed by atoms with Crippen LogP contribution in [0.25, 0.3) is 22.1 Å². The Hall–Kier alpha value is -6.82. The maximum atomic E-state index is 13.7. The molecule has 4 amide bonds. The van der Waals surface area contributed by atoms with E-state index in [-0.39, 0.29) is 42.2 Å². The highest BCUT2D eigenvalue weighted by Gasteiger charge is 2.25. The van der Waals surface area contributed by atoms with Crippen molar-refractivity contribution in [1.82, 2.24) is 38.7 Å². The topological polar surface area (TPSA) is 234 Å². The molecule has 0 radical (unpaired) electrons. The Labute approximate surface area is 320 Å². The molecule has 1 aliphatic heterocycles. The fourth-order valence-corrected chi connectivity index (χ4v) is 6.71. The first-order valence-electron chi connectivity index (χ1n) is 18.2. The Morgan fingerprint density at radius 3 is 1.95 bits per heavy atom. The van der Waals surface area contributed by atoms with Crippen LogP contribution in [0.15, 0.2) is 54.6 Å². The summed E-state index contributed by atoms with van der Waals surface area (Å²) in [5, 5.41) is 14.6. The van der Waals surface area contributed by atoms with Gasteiger partial charge in [-0.25, -0.2) is 9.97 Å². The molecular formula is C38H42N12O6. The van der Waals surface area contributed by atoms with Gasteiger partial charge in [-0.1, -0.05) is 12.2 Å². The van der Waals surface area contributed by atoms with Crippen LogP contribution in [0.1, 0.15) is 73.3 Å². The zero-order valence-electron chi connectivity index (χ0n) is 31.4. The van der Waals surface area contributed by atoms with E-state index in [1.54, 1.807) is 61.0 Å². The lowest BCUT2D eigenvalue weighted by Gasteiger charge is -2.16. The van der Waals surface area contributed by atoms with Crippen molar-refractivity contribution in [2.45, 2.75) is 66.4 Å². The van der Waals surface area contributed by atoms with Crippen LogP contribution in [0.4, 0.5) is 11.9 Å². The Morgan fingerprint density at radius 2 is 1.38 bits per heavy atom. The largest absolute Gasteiger partial charge is 0.486 e. The normalized spacial score (nSPS) is 14.2. The lowest BCUT2D eigenvalue weighted by Crippen LogP contribution is -2.20. The van der Waals surface area contributed by atoms with Crippen LogP contribution >= 0.6 is 0 Å². The average Bonchev–Trinajstić information content (AvgIpc) is 4.01. The number of rotatable bonds is 14. The third kappa shape index (κ3) is 7.45. The number of aryl methyl sites for hydroxylation is 4. The van der Waals surface area contributed by atoms with Crippen LogP contribution < -0.4 is 26.8 Å². The number of imidazole rings is 2. The van der Waals surface area contributed by atoms with Gasteiger partial charge in [0.15, 0.2) is 0 Å². The number of nitrogens with two attached hydrogens (primary N) is 2. The van der Waals surface area contributed by atoms with Crippen molar-refractivity contribution in [2.24, 2.45) is 11.5 Å². The summed E-state index contributed by atoms with van der Waals surface area (Å²) in [5.41, 5.74) is 15.9. The van der Waals surface area contributed by atoms with Crippen molar-refractivity contribution < 1.29 is 28.7 Å². The number of allylic oxidation sites excluding steroid dienone is 2. The number of nitrogens with zero attached hydrogens (tertiary/aromatic N) is 8. The number of amides is 4. The molecule has 56 heavy (non-hydrogen) atoms. The standard InChI is InChI=1S/C38H42N12O6/c1-5-49-29(15-21(3)45-49)35(53)43-37-41-26-17-23(33(39)51)9-10-28(26)47(37)12-7-8-13-48-32-27(18-24(34(40)52)19-31(32)56-25-11-14-55-20-25)42-38(48)44-36(54)30-16-22(4)46-50(30)6-2/h7-10,15-19,25H,5-6,11-14,20H2,1-4H3,(H2,39,51)(H2,40,52)(H,41,43,53)(H,42,44,54)/b8-7+/t25-/m1/s1. The van der Waals surface area contributed by atoms with Crippen molar-refractivity contribution in [2.75, 3.05) is 23.8 Å². The van der Waals surface area contributed by atoms with Gasteiger partial charge in [-0.2, -0.15) is 10.2 Å². The van der Waals surface area contributed by atoms with Crippen LogP contribution in [-0.2, 0) is 30.9 Å². The quantitative estimate of drug-likeness (QED) is 0.118. The number of ether oxygens (including phenoxy) is 2. The second kappa shape index (κ2) is 15.5. The number of nitrogens with one attached hydrogen (secondary N) is 2. The molecule has 5 heterocycles. The molecule has 290 valence electrons. The molecule has 0 bridgehead atoms. The van der Waals surface area contributed by atoms with Gasteiger partial charge in [-0.15, -0.1) is 0 Å². The maximum absolute atomic E-state index is 13.7. The van der Waals surface area contributed by atoms with Crippen molar-refractivity contribution in [3.8, 4) is 5.75 Å². The molecule has 18 heteroatoms. The number of hydrogen-bond donors (Lipinski definition) is 4. The third-order valence-corrected chi connectivity index (χ3v) is 9.37. The van der Waals surface area contributed by atoms with Gasteiger partial charge in [0.25, 0.3) is 11.8 Å². The Morgan fingerprint density at radius 1 is 0.804 bits per heavy atom. The zero-order chi connectivity index (χ0) is 39.7. The van der Waals surface area contributed by atoms with E-state index in [4.69, 9.17) is 25.9 Å². The van der Waals surface area contributed by atoms with E-state index < -0.39 is 23.6 Å². The second-order valence-corrected chi connectivity index (χ2v) is 13.3. The molecule has 0 aliphatic carbocycles. The van der Waals surface area contributed by atoms with Crippen LogP contribution in [0.3, 0.4) is 0 Å². The van der Waals surface area contributed by atoms with Gasteiger partial charge >= 0.3 is 0 Å². The lowest BCUT2D eigenvalue weighted by molar-refractivity contribution is 0.0991. The summed E-state index contributed by atoms with van der Waals surface area (Å²) in [5.74, 6) is -1.28. The minimum Gasteiger partial charge on any atom is -0.486 e. The number of anilines is 2. The van der Waals surface area contributed by atoms with Crippen LogP contribution in [0.5, 0.6) is 5.75 Å². The summed E-state index contributed by atoms with van der Waals surface area (Å²) in [7, 11) is 0. The number of fused-ring (bicyclic) bond motifs is 2. The lowest BCUT2D eigenvalue weighted by atomic mass is 10.1. The molecule has 0 unspecified atom stereocenters. The maximum Gasteiger partial charge on any atom is 0.276 e. The predicted molar refractivity (Wildman–Crippen MR) is 207 cm³/mol. The molecule has 1 saturated heterocycles. The molecular weight excluding hydrogens is 720 g/mol. The molecule has 1 fully saturated rings. The third-order valence-electron chi connectivity index (χ3n) is 9.37. The van der Waals surface area contributed by atoms with Gasteiger partial charge < -0.3 is 30.1 Å². The van der Waals surface area contributed by atoms with E-state index in [9.17, 15) is 19.2 Å². The fourth-order valence-electron chi connectivity index (χ4n) is 6.71. The summed E-state index contributed by atoms with van der Waals surface area (Å²) in [6.07, 6.45) is 4.12. The molecule has 6 N–H and O–H groups in total. The summed E-state index contributed by atoms with van der Waals surface area (Å²) in [4.78, 5) is 61.0. The highest BCUT2D eigenvalue weighted by Crippen LogP contribution is 2.33. The zero-order valence-corrected chi connectivity index (χ0v) is 31.4. The van der Waals surface area contributed by atoms with Crippen LogP contribution in [0, 0.1) is 13.8 Å². The second-order valence-electron chi connectivity index (χ2n) is 13.3. The smallest absolute Gasteiger partial charge is 0.276 e. The molecule has 7 rings (SSSR count). The van der Waals surface area contributed by atoms with E-state index in [1.165, 1.54) is 0 Å². The van der Waals surface area contributed by atoms with Gasteiger partial charge in [-0.3, -0.25) is 39.2 Å². The summed E-state index contributed by atoms with van der Waals surface area (Å²) in [6, 6.07) is 11.4. The number of aromatic nitrogens is 8. The first-order chi connectivity index (χ1) is 26.9. The molecule has 0 saturated carbocycles. The van der Waals surface area contributed by atoms with Gasteiger partial charge in [0.2, 0.25) is 23.7 Å². The number of benzene rings is 2. The van der Waals surface area contributed by atoms with E-state index in [0.717, 1.165) is 0 Å². The van der Waals surface area contributed by atoms with Crippen LogP contribution in [0.2, 0.25) is 0 Å². The first kappa shape index (κ1) is 37.5. The molecule has 4 aromatic heterocycles. The van der Waals surface area contributed by atoms with Crippen LogP contribution in [-0.4, -0.2) is 81.6 Å². The molecule has 6 aromatic rings. The molecule has 1 aliphatic rings.